The molecule has 1 aliphatic rings. The molecule has 0 amide bonds. The Bertz CT molecular complexity index is 1080. The van der Waals surface area contributed by atoms with Crippen molar-refractivity contribution in [3.05, 3.63) is 89.6 Å². The van der Waals surface area contributed by atoms with Crippen molar-refractivity contribution in [1.82, 2.24) is 9.97 Å². The average molecular weight is 383 g/mol. The first-order valence-corrected chi connectivity index (χ1v) is 9.73. The third kappa shape index (κ3) is 3.99. The van der Waals surface area contributed by atoms with Crippen LogP contribution in [0.15, 0.2) is 72.8 Å². The normalized spacial score (nSPS) is 13.1. The molecule has 1 aromatic heterocycles. The molecule has 3 aromatic rings. The molecule has 1 heterocycles. The molecule has 0 fully saturated rings. The Balaban J connectivity index is 1.49. The number of benzene rings is 2. The fraction of sp³-hybridized carbons (Fsp3) is 0.167. The number of anilines is 1. The summed E-state index contributed by atoms with van der Waals surface area (Å²) in [6.45, 7) is 2.20. The van der Waals surface area contributed by atoms with Crippen LogP contribution >= 0.6 is 0 Å². The van der Waals surface area contributed by atoms with Crippen LogP contribution in [0.3, 0.4) is 0 Å². The van der Waals surface area contributed by atoms with Crippen molar-refractivity contribution in [1.29, 1.82) is 0 Å². The van der Waals surface area contributed by atoms with E-state index < -0.39 is 0 Å². The van der Waals surface area contributed by atoms with Gasteiger partial charge < -0.3 is 5.32 Å². The maximum Gasteiger partial charge on any atom is 0.213 e. The van der Waals surface area contributed by atoms with Crippen molar-refractivity contribution in [3.63, 3.8) is 0 Å². The Hall–Kier alpha value is -3.60. The molecule has 0 spiro atoms. The van der Waals surface area contributed by atoms with E-state index >= 15 is 0 Å². The van der Waals surface area contributed by atoms with E-state index in [-0.39, 0.29) is 28.5 Å². The zero-order valence-electron chi connectivity index (χ0n) is 16.2. The van der Waals surface area contributed by atoms with Gasteiger partial charge >= 0.3 is 0 Å². The van der Waals surface area contributed by atoms with Crippen LogP contribution in [0.4, 0.5) is 5.69 Å². The smallest absolute Gasteiger partial charge is 0.213 e. The highest BCUT2D eigenvalue weighted by atomic mass is 16.1. The topological polar surface area (TPSA) is 72.0 Å². The first-order chi connectivity index (χ1) is 14.2. The number of hydrogen-bond acceptors (Lipinski definition) is 5. The predicted octanol–water partition coefficient (Wildman–Crippen LogP) is 4.86. The number of rotatable bonds is 6. The predicted molar refractivity (Wildman–Crippen MR) is 113 cm³/mol. The molecule has 1 N–H and O–H groups in total. The van der Waals surface area contributed by atoms with Gasteiger partial charge in [-0.1, -0.05) is 49.7 Å². The summed E-state index contributed by atoms with van der Waals surface area (Å²) in [5.74, 6) is -0.587. The van der Waals surface area contributed by atoms with E-state index in [1.165, 1.54) is 37.0 Å². The van der Waals surface area contributed by atoms with Gasteiger partial charge in [0.25, 0.3) is 0 Å². The maximum atomic E-state index is 12.6. The summed E-state index contributed by atoms with van der Waals surface area (Å²) < 4.78 is 0. The molecule has 0 radical (unpaired) electrons. The van der Waals surface area contributed by atoms with Gasteiger partial charge in [-0.2, -0.15) is 0 Å². The molecule has 0 atom stereocenters. The van der Waals surface area contributed by atoms with Gasteiger partial charge in [0.05, 0.1) is 11.3 Å². The van der Waals surface area contributed by atoms with Gasteiger partial charge in [0.15, 0.2) is 0 Å². The van der Waals surface area contributed by atoms with Crippen molar-refractivity contribution in [2.75, 3.05) is 5.32 Å². The lowest BCUT2D eigenvalue weighted by Gasteiger charge is -2.15. The molecule has 0 unspecified atom stereocenters. The molecule has 144 valence electrons. The van der Waals surface area contributed by atoms with Crippen LogP contribution in [0.25, 0.3) is 11.1 Å². The van der Waals surface area contributed by atoms with Gasteiger partial charge in [0.1, 0.15) is 12.0 Å². The molecule has 4 rings (SSSR count). The zero-order chi connectivity index (χ0) is 20.2. The summed E-state index contributed by atoms with van der Waals surface area (Å²) >= 11 is 0. The van der Waals surface area contributed by atoms with E-state index in [0.29, 0.717) is 0 Å². The molecule has 0 saturated carbocycles. The van der Waals surface area contributed by atoms with Crippen molar-refractivity contribution >= 4 is 17.3 Å². The van der Waals surface area contributed by atoms with Crippen LogP contribution in [0.2, 0.25) is 0 Å². The lowest BCUT2D eigenvalue weighted by atomic mass is 9.98. The number of Topliss-reactive ketones (excluding diaryl/α,β-unsaturated/α-hetero) is 1. The highest BCUT2D eigenvalue weighted by Crippen LogP contribution is 2.25. The minimum Gasteiger partial charge on any atom is -0.352 e. The first-order valence-electron chi connectivity index (χ1n) is 9.73. The minimum atomic E-state index is -0.302. The standard InChI is InChI=1S/C24H21N3O2/c1-2-3-4-16-5-7-17(8-6-16)18-9-11-19(12-10-18)27-21-13-22(28)23-20(24(21)29)14-25-15-26-23/h5-15,27H,2-4H2,1H3. The summed E-state index contributed by atoms with van der Waals surface area (Å²) in [6.07, 6.45) is 7.44. The van der Waals surface area contributed by atoms with Crippen LogP contribution in [0.5, 0.6) is 0 Å². The maximum absolute atomic E-state index is 12.6. The molecular formula is C24H21N3O2. The fourth-order valence-electron chi connectivity index (χ4n) is 3.34. The lowest BCUT2D eigenvalue weighted by molar-refractivity contribution is 0.0981. The summed E-state index contributed by atoms with van der Waals surface area (Å²) in [5, 5.41) is 3.05. The Labute approximate surface area is 169 Å². The van der Waals surface area contributed by atoms with E-state index in [4.69, 9.17) is 0 Å². The second kappa shape index (κ2) is 8.19. The molecule has 5 heteroatoms. The third-order valence-corrected chi connectivity index (χ3v) is 4.98. The SMILES string of the molecule is CCCCc1ccc(-c2ccc(NC3=CC(=O)c4ncncc4C3=O)cc2)cc1. The van der Waals surface area contributed by atoms with Crippen LogP contribution in [-0.2, 0) is 6.42 Å². The molecule has 2 aromatic carbocycles. The summed E-state index contributed by atoms with van der Waals surface area (Å²) in [4.78, 5) is 32.6. The molecule has 29 heavy (non-hydrogen) atoms. The largest absolute Gasteiger partial charge is 0.352 e. The number of hydrogen-bond donors (Lipinski definition) is 1. The number of carbonyl (C=O) groups excluding carboxylic acids is 2. The molecule has 5 nitrogen and oxygen atoms in total. The number of aromatic nitrogens is 2. The Kier molecular flexibility index (Phi) is 5.29. The number of unbranched alkanes of at least 4 members (excludes halogenated alkanes) is 1. The van der Waals surface area contributed by atoms with Crippen molar-refractivity contribution < 1.29 is 9.59 Å². The van der Waals surface area contributed by atoms with Gasteiger partial charge in [-0.05, 0) is 41.7 Å². The molecular weight excluding hydrogens is 362 g/mol. The van der Waals surface area contributed by atoms with Crippen LogP contribution in [-0.4, -0.2) is 21.5 Å². The van der Waals surface area contributed by atoms with Crippen LogP contribution in [0.1, 0.15) is 46.2 Å². The fourth-order valence-corrected chi connectivity index (χ4v) is 3.34. The van der Waals surface area contributed by atoms with Gasteiger partial charge in [-0.3, -0.25) is 9.59 Å². The van der Waals surface area contributed by atoms with Crippen LogP contribution in [0, 0.1) is 0 Å². The number of fused-ring (bicyclic) bond motifs is 1. The van der Waals surface area contributed by atoms with E-state index in [0.717, 1.165) is 23.2 Å². The summed E-state index contributed by atoms with van der Waals surface area (Å²) in [6, 6.07) is 16.4. The summed E-state index contributed by atoms with van der Waals surface area (Å²) in [7, 11) is 0. The number of ketones is 2. The second-order valence-electron chi connectivity index (χ2n) is 7.04. The highest BCUT2D eigenvalue weighted by Gasteiger charge is 2.27. The van der Waals surface area contributed by atoms with E-state index in [2.05, 4.69) is 46.5 Å². The Morgan fingerprint density at radius 2 is 1.62 bits per heavy atom. The van der Waals surface area contributed by atoms with Crippen molar-refractivity contribution in [3.8, 4) is 11.1 Å². The minimum absolute atomic E-state index is 0.147. The molecule has 0 saturated heterocycles. The second-order valence-corrected chi connectivity index (χ2v) is 7.04. The quantitative estimate of drug-likeness (QED) is 0.658. The number of allylic oxidation sites excluding steroid dienone is 2. The zero-order valence-corrected chi connectivity index (χ0v) is 16.2. The van der Waals surface area contributed by atoms with Crippen molar-refractivity contribution in [2.45, 2.75) is 26.2 Å². The summed E-state index contributed by atoms with van der Waals surface area (Å²) in [5.41, 5.74) is 4.93. The van der Waals surface area contributed by atoms with Gasteiger partial charge in [-0.15, -0.1) is 0 Å². The molecule has 1 aliphatic carbocycles. The monoisotopic (exact) mass is 383 g/mol. The van der Waals surface area contributed by atoms with Gasteiger partial charge in [0, 0.05) is 18.0 Å². The lowest BCUT2D eigenvalue weighted by Crippen LogP contribution is -2.22. The molecule has 0 bridgehead atoms. The Morgan fingerprint density at radius 3 is 2.31 bits per heavy atom. The van der Waals surface area contributed by atoms with Crippen molar-refractivity contribution in [2.24, 2.45) is 0 Å². The van der Waals surface area contributed by atoms with E-state index in [1.807, 2.05) is 24.3 Å². The third-order valence-electron chi connectivity index (χ3n) is 4.98. The number of carbonyl (C=O) groups is 2. The van der Waals surface area contributed by atoms with E-state index in [1.54, 1.807) is 0 Å². The highest BCUT2D eigenvalue weighted by molar-refractivity contribution is 6.24. The first kappa shape index (κ1) is 18.7. The molecule has 0 aliphatic heterocycles. The number of nitrogens with one attached hydrogen (secondary N) is 1. The van der Waals surface area contributed by atoms with Gasteiger partial charge in [0.2, 0.25) is 11.6 Å². The number of nitrogens with zero attached hydrogens (tertiary/aromatic N) is 2. The average Bonchev–Trinajstić information content (AvgIpc) is 2.77. The van der Waals surface area contributed by atoms with Crippen LogP contribution < -0.4 is 5.32 Å². The number of aryl methyl sites for hydroxylation is 1. The Morgan fingerprint density at radius 1 is 0.931 bits per heavy atom. The van der Waals surface area contributed by atoms with Gasteiger partial charge in [-0.25, -0.2) is 9.97 Å². The van der Waals surface area contributed by atoms with E-state index in [9.17, 15) is 9.59 Å².